The summed E-state index contributed by atoms with van der Waals surface area (Å²) in [5.41, 5.74) is 2.87. The van der Waals surface area contributed by atoms with Crippen LogP contribution < -0.4 is 4.74 Å². The van der Waals surface area contributed by atoms with Crippen molar-refractivity contribution in [2.24, 2.45) is 11.8 Å². The van der Waals surface area contributed by atoms with Crippen LogP contribution >= 0.6 is 0 Å². The first-order valence-electron chi connectivity index (χ1n) is 7.77. The number of ketones is 2. The number of hydrogen-bond donors (Lipinski definition) is 0. The van der Waals surface area contributed by atoms with Gasteiger partial charge in [-0.3, -0.25) is 9.59 Å². The summed E-state index contributed by atoms with van der Waals surface area (Å²) in [6.45, 7) is 3.96. The number of ether oxygens (including phenoxy) is 1. The first-order chi connectivity index (χ1) is 10.0. The molecule has 2 fully saturated rings. The molecule has 21 heavy (non-hydrogen) atoms. The van der Waals surface area contributed by atoms with Gasteiger partial charge in [0.15, 0.2) is 11.6 Å². The molecule has 2 aliphatic carbocycles. The van der Waals surface area contributed by atoms with Gasteiger partial charge in [0.2, 0.25) is 0 Å². The molecule has 0 aliphatic heterocycles. The average Bonchev–Trinajstić information content (AvgIpc) is 2.71. The summed E-state index contributed by atoms with van der Waals surface area (Å²) in [4.78, 5) is 25.6. The van der Waals surface area contributed by atoms with Crippen molar-refractivity contribution in [3.8, 4) is 5.75 Å². The molecule has 0 radical (unpaired) electrons. The molecule has 2 aliphatic rings. The van der Waals surface area contributed by atoms with Gasteiger partial charge in [-0.2, -0.15) is 0 Å². The molecule has 3 atom stereocenters. The number of carbonyl (C=O) groups is 2. The van der Waals surface area contributed by atoms with E-state index in [1.54, 1.807) is 7.11 Å². The number of Topliss-reactive ketones (excluding diaryl/α,β-unsaturated/α-hetero) is 2. The highest BCUT2D eigenvalue weighted by Crippen LogP contribution is 2.47. The van der Waals surface area contributed by atoms with Gasteiger partial charge in [-0.05, 0) is 43.9 Å². The monoisotopic (exact) mass is 286 g/mol. The highest BCUT2D eigenvalue weighted by Gasteiger charge is 2.51. The third-order valence-corrected chi connectivity index (χ3v) is 5.07. The van der Waals surface area contributed by atoms with E-state index in [1.807, 2.05) is 26.0 Å². The third-order valence-electron chi connectivity index (χ3n) is 5.07. The van der Waals surface area contributed by atoms with Gasteiger partial charge in [-0.1, -0.05) is 18.9 Å². The second-order valence-corrected chi connectivity index (χ2v) is 6.43. The fraction of sp³-hybridized carbons (Fsp3) is 0.556. The number of methoxy groups -OCH3 is 1. The molecular weight excluding hydrogens is 264 g/mol. The van der Waals surface area contributed by atoms with E-state index in [-0.39, 0.29) is 23.4 Å². The van der Waals surface area contributed by atoms with Gasteiger partial charge >= 0.3 is 0 Å². The lowest BCUT2D eigenvalue weighted by Crippen LogP contribution is -2.21. The lowest BCUT2D eigenvalue weighted by Gasteiger charge is -2.21. The zero-order valence-corrected chi connectivity index (χ0v) is 12.9. The first-order valence-corrected chi connectivity index (χ1v) is 7.77. The Morgan fingerprint density at radius 3 is 2.10 bits per heavy atom. The maximum absolute atomic E-state index is 12.8. The van der Waals surface area contributed by atoms with E-state index < -0.39 is 5.92 Å². The van der Waals surface area contributed by atoms with Crippen molar-refractivity contribution in [2.75, 3.05) is 7.11 Å². The van der Waals surface area contributed by atoms with E-state index in [0.29, 0.717) is 5.75 Å². The van der Waals surface area contributed by atoms with E-state index in [4.69, 9.17) is 4.74 Å². The zero-order chi connectivity index (χ0) is 15.1. The van der Waals surface area contributed by atoms with Crippen molar-refractivity contribution in [3.05, 3.63) is 28.8 Å². The first kappa shape index (κ1) is 14.3. The lowest BCUT2D eigenvalue weighted by atomic mass is 9.81. The predicted octanol–water partition coefficient (Wildman–Crippen LogP) is 3.35. The molecule has 0 aromatic heterocycles. The lowest BCUT2D eigenvalue weighted by molar-refractivity contribution is -0.125. The molecular formula is C18H22O3. The SMILES string of the molecule is COc1cc(C)cc(C)c1C1C(=O)[C@H]2CCCC[C@H]2C1=O. The molecule has 3 rings (SSSR count). The largest absolute Gasteiger partial charge is 0.496 e. The number of benzene rings is 1. The highest BCUT2D eigenvalue weighted by atomic mass is 16.5. The van der Waals surface area contributed by atoms with Crippen LogP contribution in [0.1, 0.15) is 48.3 Å². The maximum Gasteiger partial charge on any atom is 0.151 e. The molecule has 1 aromatic rings. The second-order valence-electron chi connectivity index (χ2n) is 6.43. The van der Waals surface area contributed by atoms with E-state index in [0.717, 1.165) is 42.4 Å². The minimum absolute atomic E-state index is 0.0540. The fourth-order valence-electron chi connectivity index (χ4n) is 4.14. The Hall–Kier alpha value is -1.64. The summed E-state index contributed by atoms with van der Waals surface area (Å²) >= 11 is 0. The van der Waals surface area contributed by atoms with E-state index in [1.165, 1.54) is 0 Å². The van der Waals surface area contributed by atoms with Gasteiger partial charge in [-0.25, -0.2) is 0 Å². The van der Waals surface area contributed by atoms with Crippen LogP contribution in [0.15, 0.2) is 12.1 Å². The summed E-state index contributed by atoms with van der Waals surface area (Å²) in [5, 5.41) is 0. The normalized spacial score (nSPS) is 28.6. The predicted molar refractivity (Wildman–Crippen MR) is 80.7 cm³/mol. The minimum Gasteiger partial charge on any atom is -0.496 e. The van der Waals surface area contributed by atoms with E-state index >= 15 is 0 Å². The molecule has 0 N–H and O–H groups in total. The average molecular weight is 286 g/mol. The smallest absolute Gasteiger partial charge is 0.151 e. The second kappa shape index (κ2) is 5.28. The van der Waals surface area contributed by atoms with Crippen molar-refractivity contribution >= 4 is 11.6 Å². The molecule has 0 heterocycles. The van der Waals surface area contributed by atoms with Crippen molar-refractivity contribution in [3.63, 3.8) is 0 Å². The fourth-order valence-corrected chi connectivity index (χ4v) is 4.14. The van der Waals surface area contributed by atoms with Gasteiger partial charge in [-0.15, -0.1) is 0 Å². The molecule has 3 nitrogen and oxygen atoms in total. The number of rotatable bonds is 2. The number of carbonyl (C=O) groups excluding carboxylic acids is 2. The van der Waals surface area contributed by atoms with Crippen LogP contribution in [0.2, 0.25) is 0 Å². The van der Waals surface area contributed by atoms with Crippen LogP contribution in [0.25, 0.3) is 0 Å². The molecule has 112 valence electrons. The summed E-state index contributed by atoms with van der Waals surface area (Å²) in [7, 11) is 1.61. The van der Waals surface area contributed by atoms with Crippen LogP contribution in [0.5, 0.6) is 5.75 Å². The van der Waals surface area contributed by atoms with Crippen LogP contribution in [-0.2, 0) is 9.59 Å². The van der Waals surface area contributed by atoms with Gasteiger partial charge in [0.05, 0.1) is 7.11 Å². The van der Waals surface area contributed by atoms with Crippen molar-refractivity contribution in [1.29, 1.82) is 0 Å². The Labute approximate surface area is 125 Å². The quantitative estimate of drug-likeness (QED) is 0.783. The molecule has 3 heteroatoms. The number of aryl methyl sites for hydroxylation is 2. The topological polar surface area (TPSA) is 43.4 Å². The molecule has 0 spiro atoms. The van der Waals surface area contributed by atoms with Gasteiger partial charge < -0.3 is 4.74 Å². The van der Waals surface area contributed by atoms with Crippen LogP contribution in [0.4, 0.5) is 0 Å². The van der Waals surface area contributed by atoms with Gasteiger partial charge in [0.25, 0.3) is 0 Å². The summed E-state index contributed by atoms with van der Waals surface area (Å²) < 4.78 is 5.47. The maximum atomic E-state index is 12.8. The molecule has 2 saturated carbocycles. The minimum atomic E-state index is -0.603. The summed E-state index contributed by atoms with van der Waals surface area (Å²) in [6, 6.07) is 3.95. The van der Waals surface area contributed by atoms with Crippen LogP contribution in [0, 0.1) is 25.7 Å². The number of hydrogen-bond acceptors (Lipinski definition) is 3. The molecule has 0 saturated heterocycles. The third kappa shape index (κ3) is 2.19. The Morgan fingerprint density at radius 1 is 1.00 bits per heavy atom. The van der Waals surface area contributed by atoms with Crippen LogP contribution in [0.3, 0.4) is 0 Å². The molecule has 1 aromatic carbocycles. The zero-order valence-electron chi connectivity index (χ0n) is 12.9. The van der Waals surface area contributed by atoms with Crippen molar-refractivity contribution in [1.82, 2.24) is 0 Å². The van der Waals surface area contributed by atoms with Crippen LogP contribution in [-0.4, -0.2) is 18.7 Å². The van der Waals surface area contributed by atoms with Crippen molar-refractivity contribution in [2.45, 2.75) is 45.4 Å². The van der Waals surface area contributed by atoms with Gasteiger partial charge in [0.1, 0.15) is 11.7 Å². The number of fused-ring (bicyclic) bond motifs is 1. The Morgan fingerprint density at radius 2 is 1.57 bits per heavy atom. The van der Waals surface area contributed by atoms with E-state index in [9.17, 15) is 9.59 Å². The summed E-state index contributed by atoms with van der Waals surface area (Å²) in [5.74, 6) is 0.208. The van der Waals surface area contributed by atoms with Gasteiger partial charge in [0, 0.05) is 17.4 Å². The summed E-state index contributed by atoms with van der Waals surface area (Å²) in [6.07, 6.45) is 3.88. The Balaban J connectivity index is 2.08. The van der Waals surface area contributed by atoms with Crippen molar-refractivity contribution < 1.29 is 14.3 Å². The van der Waals surface area contributed by atoms with E-state index in [2.05, 4.69) is 0 Å². The Bertz CT molecular complexity index is 579. The molecule has 1 unspecified atom stereocenters. The molecule has 0 bridgehead atoms. The Kier molecular flexibility index (Phi) is 3.60. The molecule has 0 amide bonds. The highest BCUT2D eigenvalue weighted by molar-refractivity contribution is 6.16. The standard InChI is InChI=1S/C18H22O3/c1-10-8-11(2)15(14(9-10)21-3)16-17(19)12-6-4-5-7-13(12)18(16)20/h8-9,12-13,16H,4-7H2,1-3H3/t12-,13+,16?.